The maximum Gasteiger partial charge on any atom is 0.257 e. The van der Waals surface area contributed by atoms with Gasteiger partial charge in [-0.1, -0.05) is 42.0 Å². The van der Waals surface area contributed by atoms with E-state index in [0.717, 1.165) is 16.7 Å². The molecular weight excluding hydrogens is 300 g/mol. The lowest BCUT2D eigenvalue weighted by Gasteiger charge is -2.12. The molecule has 0 saturated heterocycles. The van der Waals surface area contributed by atoms with Crippen molar-refractivity contribution < 1.29 is 4.74 Å². The molecule has 0 radical (unpaired) electrons. The molecule has 0 aliphatic heterocycles. The van der Waals surface area contributed by atoms with Crippen LogP contribution in [-0.4, -0.2) is 17.1 Å². The maximum atomic E-state index is 8.96. The van der Waals surface area contributed by atoms with Crippen molar-refractivity contribution in [3.05, 3.63) is 59.7 Å². The molecule has 0 bridgehead atoms. The fraction of sp³-hybridized carbons (Fsp3) is 0.105. The van der Waals surface area contributed by atoms with Crippen LogP contribution in [0.15, 0.2) is 48.5 Å². The van der Waals surface area contributed by atoms with Gasteiger partial charge in [-0.3, -0.25) is 0 Å². The zero-order chi connectivity index (χ0) is 17.1. The standard InChI is InChI=1S/C19H16N4O/c1-12-3-7-14(8-4-12)16-17(23-19(24-2)18(21)22-16)15-9-5-13(11-20)6-10-15/h3-10H,1-2H3,(H2,21,22). The second-order valence-corrected chi connectivity index (χ2v) is 5.37. The smallest absolute Gasteiger partial charge is 0.257 e. The Balaban J connectivity index is 2.21. The molecular formula is C19H16N4O. The number of nitrogens with zero attached hydrogens (tertiary/aromatic N) is 3. The molecule has 5 heteroatoms. The van der Waals surface area contributed by atoms with Crippen LogP contribution in [0.2, 0.25) is 0 Å². The van der Waals surface area contributed by atoms with E-state index in [1.165, 1.54) is 7.11 Å². The molecule has 0 unspecified atom stereocenters. The summed E-state index contributed by atoms with van der Waals surface area (Å²) in [5.74, 6) is 0.524. The average Bonchev–Trinajstić information content (AvgIpc) is 2.62. The highest BCUT2D eigenvalue weighted by Crippen LogP contribution is 2.33. The normalized spacial score (nSPS) is 10.2. The summed E-state index contributed by atoms with van der Waals surface area (Å²) in [6.45, 7) is 2.03. The van der Waals surface area contributed by atoms with E-state index in [4.69, 9.17) is 15.7 Å². The maximum absolute atomic E-state index is 8.96. The van der Waals surface area contributed by atoms with Crippen molar-refractivity contribution in [1.82, 2.24) is 9.97 Å². The summed E-state index contributed by atoms with van der Waals surface area (Å²) in [5, 5.41) is 8.96. The summed E-state index contributed by atoms with van der Waals surface area (Å²) in [6.07, 6.45) is 0. The van der Waals surface area contributed by atoms with Gasteiger partial charge in [-0.05, 0) is 19.1 Å². The Hall–Kier alpha value is -3.39. The van der Waals surface area contributed by atoms with Crippen LogP contribution in [0, 0.1) is 18.3 Å². The first kappa shape index (κ1) is 15.5. The molecule has 2 aromatic carbocycles. The van der Waals surface area contributed by atoms with Crippen molar-refractivity contribution in [2.45, 2.75) is 6.92 Å². The second-order valence-electron chi connectivity index (χ2n) is 5.37. The number of aromatic nitrogens is 2. The van der Waals surface area contributed by atoms with Gasteiger partial charge >= 0.3 is 0 Å². The Morgan fingerprint density at radius 1 is 0.917 bits per heavy atom. The SMILES string of the molecule is COc1nc(-c2ccc(C#N)cc2)c(-c2ccc(C)cc2)nc1N. The van der Waals surface area contributed by atoms with Crippen molar-refractivity contribution in [3.63, 3.8) is 0 Å². The zero-order valence-electron chi connectivity index (χ0n) is 13.4. The minimum atomic E-state index is 0.241. The molecule has 0 amide bonds. The number of benzene rings is 2. The molecule has 0 fully saturated rings. The van der Waals surface area contributed by atoms with Crippen LogP contribution >= 0.6 is 0 Å². The Kier molecular flexibility index (Phi) is 4.13. The minimum Gasteiger partial charge on any atom is -0.478 e. The number of nitrogen functional groups attached to an aromatic ring is 1. The van der Waals surface area contributed by atoms with E-state index < -0.39 is 0 Å². The number of nitrogens with two attached hydrogens (primary N) is 1. The van der Waals surface area contributed by atoms with Crippen LogP contribution < -0.4 is 10.5 Å². The third kappa shape index (κ3) is 2.90. The molecule has 0 saturated carbocycles. The van der Waals surface area contributed by atoms with Gasteiger partial charge in [0, 0.05) is 11.1 Å². The summed E-state index contributed by atoms with van der Waals surface area (Å²) >= 11 is 0. The van der Waals surface area contributed by atoms with E-state index in [1.54, 1.807) is 12.1 Å². The Morgan fingerprint density at radius 3 is 2.00 bits per heavy atom. The van der Waals surface area contributed by atoms with Gasteiger partial charge in [0.05, 0.1) is 24.4 Å². The van der Waals surface area contributed by atoms with E-state index in [9.17, 15) is 0 Å². The van der Waals surface area contributed by atoms with Crippen molar-refractivity contribution >= 4 is 5.82 Å². The van der Waals surface area contributed by atoms with Gasteiger partial charge in [0.1, 0.15) is 5.69 Å². The number of hydrogen-bond acceptors (Lipinski definition) is 5. The van der Waals surface area contributed by atoms with Crippen molar-refractivity contribution in [3.8, 4) is 34.5 Å². The van der Waals surface area contributed by atoms with Crippen molar-refractivity contribution in [2.24, 2.45) is 0 Å². The third-order valence-corrected chi connectivity index (χ3v) is 3.69. The molecule has 0 aliphatic rings. The fourth-order valence-electron chi connectivity index (χ4n) is 2.40. The van der Waals surface area contributed by atoms with Crippen molar-refractivity contribution in [2.75, 3.05) is 12.8 Å². The number of aryl methyl sites for hydroxylation is 1. The van der Waals surface area contributed by atoms with E-state index in [1.807, 2.05) is 43.3 Å². The monoisotopic (exact) mass is 316 g/mol. The predicted octanol–water partition coefficient (Wildman–Crippen LogP) is 3.58. The molecule has 1 heterocycles. The molecule has 0 aliphatic carbocycles. The number of nitriles is 1. The van der Waals surface area contributed by atoms with E-state index >= 15 is 0 Å². The molecule has 24 heavy (non-hydrogen) atoms. The van der Waals surface area contributed by atoms with Gasteiger partial charge in [0.2, 0.25) is 0 Å². The summed E-state index contributed by atoms with van der Waals surface area (Å²) < 4.78 is 5.21. The van der Waals surface area contributed by atoms with Crippen LogP contribution in [0.3, 0.4) is 0 Å². The van der Waals surface area contributed by atoms with Crippen LogP contribution in [0.25, 0.3) is 22.5 Å². The van der Waals surface area contributed by atoms with E-state index in [-0.39, 0.29) is 11.7 Å². The first-order valence-electron chi connectivity index (χ1n) is 7.41. The second kappa shape index (κ2) is 6.39. The fourth-order valence-corrected chi connectivity index (χ4v) is 2.40. The molecule has 5 nitrogen and oxygen atoms in total. The van der Waals surface area contributed by atoms with Crippen LogP contribution in [0.4, 0.5) is 5.82 Å². The molecule has 2 N–H and O–H groups in total. The highest BCUT2D eigenvalue weighted by molar-refractivity contribution is 5.80. The zero-order valence-corrected chi connectivity index (χ0v) is 13.4. The molecule has 1 aromatic heterocycles. The molecule has 0 spiro atoms. The first-order chi connectivity index (χ1) is 11.6. The average molecular weight is 316 g/mol. The number of hydrogen-bond donors (Lipinski definition) is 1. The number of ether oxygens (including phenoxy) is 1. The van der Waals surface area contributed by atoms with Crippen LogP contribution in [0.1, 0.15) is 11.1 Å². The lowest BCUT2D eigenvalue weighted by atomic mass is 10.0. The van der Waals surface area contributed by atoms with Gasteiger partial charge < -0.3 is 10.5 Å². The molecule has 118 valence electrons. The quantitative estimate of drug-likeness (QED) is 0.798. The van der Waals surface area contributed by atoms with Gasteiger partial charge in [-0.15, -0.1) is 0 Å². The lowest BCUT2D eigenvalue weighted by Crippen LogP contribution is -2.03. The van der Waals surface area contributed by atoms with Gasteiger partial charge in [0.25, 0.3) is 5.88 Å². The summed E-state index contributed by atoms with van der Waals surface area (Å²) in [4.78, 5) is 9.01. The Morgan fingerprint density at radius 2 is 1.46 bits per heavy atom. The Bertz CT molecular complexity index is 910. The third-order valence-electron chi connectivity index (χ3n) is 3.69. The molecule has 3 aromatic rings. The predicted molar refractivity (Wildman–Crippen MR) is 93.3 cm³/mol. The highest BCUT2D eigenvalue weighted by Gasteiger charge is 2.16. The van der Waals surface area contributed by atoms with E-state index in [0.29, 0.717) is 17.0 Å². The summed E-state index contributed by atoms with van der Waals surface area (Å²) in [5.41, 5.74) is 10.8. The van der Waals surface area contributed by atoms with Gasteiger partial charge in [0.15, 0.2) is 5.82 Å². The van der Waals surface area contributed by atoms with Crippen LogP contribution in [0.5, 0.6) is 5.88 Å². The molecule has 0 atom stereocenters. The summed E-state index contributed by atoms with van der Waals surface area (Å²) in [6, 6.07) is 17.3. The lowest BCUT2D eigenvalue weighted by molar-refractivity contribution is 0.399. The van der Waals surface area contributed by atoms with Crippen molar-refractivity contribution in [1.29, 1.82) is 5.26 Å². The highest BCUT2D eigenvalue weighted by atomic mass is 16.5. The largest absolute Gasteiger partial charge is 0.478 e. The number of methoxy groups -OCH3 is 1. The number of rotatable bonds is 3. The van der Waals surface area contributed by atoms with Gasteiger partial charge in [-0.2, -0.15) is 5.26 Å². The van der Waals surface area contributed by atoms with Crippen LogP contribution in [-0.2, 0) is 0 Å². The minimum absolute atomic E-state index is 0.241. The summed E-state index contributed by atoms with van der Waals surface area (Å²) in [7, 11) is 1.51. The van der Waals surface area contributed by atoms with Gasteiger partial charge in [-0.25, -0.2) is 9.97 Å². The topological polar surface area (TPSA) is 84.8 Å². The molecule has 3 rings (SSSR count). The number of anilines is 1. The van der Waals surface area contributed by atoms with E-state index in [2.05, 4.69) is 16.0 Å². The Labute approximate surface area is 140 Å². The first-order valence-corrected chi connectivity index (χ1v) is 7.41.